The highest BCUT2D eigenvalue weighted by atomic mass is 32.3. The van der Waals surface area contributed by atoms with E-state index in [1.165, 1.54) is 13.8 Å². The van der Waals surface area contributed by atoms with Crippen molar-refractivity contribution in [2.45, 2.75) is 29.8 Å². The molecular weight excluding hydrogens is 401 g/mol. The second-order valence-electron chi connectivity index (χ2n) is 5.35. The van der Waals surface area contributed by atoms with E-state index in [1.54, 1.807) is 0 Å². The lowest BCUT2D eigenvalue weighted by molar-refractivity contribution is -0.0547. The van der Waals surface area contributed by atoms with Crippen molar-refractivity contribution in [3.8, 4) is 0 Å². The van der Waals surface area contributed by atoms with E-state index in [1.807, 2.05) is 0 Å². The molecule has 3 nitrogen and oxygen atoms in total. The number of fused-ring (bicyclic) bond motifs is 1. The summed E-state index contributed by atoms with van der Waals surface area (Å²) in [6.45, 7) is 2.48. The van der Waals surface area contributed by atoms with E-state index < -0.39 is 53.0 Å². The molecule has 0 spiro atoms. The van der Waals surface area contributed by atoms with Crippen molar-refractivity contribution < 1.29 is 42.8 Å². The Kier molecular flexibility index (Phi) is 4.71. The summed E-state index contributed by atoms with van der Waals surface area (Å²) in [5, 5.41) is 0. The van der Waals surface area contributed by atoms with Crippen LogP contribution < -0.4 is 0 Å². The normalized spacial score (nSPS) is 24.0. The minimum absolute atomic E-state index is 0.241. The molecule has 0 bridgehead atoms. The Morgan fingerprint density at radius 1 is 1.08 bits per heavy atom. The van der Waals surface area contributed by atoms with Gasteiger partial charge in [0.25, 0.3) is 0 Å². The highest BCUT2D eigenvalue weighted by Gasteiger charge is 2.64. The smallest absolute Gasteiger partial charge is 0.207 e. The zero-order chi connectivity index (χ0) is 19.4. The third-order valence-electron chi connectivity index (χ3n) is 3.29. The molecule has 0 saturated heterocycles. The van der Waals surface area contributed by atoms with Crippen LogP contribution in [0.25, 0.3) is 6.08 Å². The highest BCUT2D eigenvalue weighted by Crippen LogP contribution is 2.79. The molecule has 142 valence electrons. The van der Waals surface area contributed by atoms with Gasteiger partial charge in [0.05, 0.1) is 0 Å². The van der Waals surface area contributed by atoms with Crippen molar-refractivity contribution in [1.82, 2.24) is 0 Å². The first kappa shape index (κ1) is 20.0. The minimum Gasteiger partial charge on any atom is -0.207 e. The molecule has 0 fully saturated rings. The second kappa shape index (κ2) is 5.88. The van der Waals surface area contributed by atoms with Crippen molar-refractivity contribution in [2.75, 3.05) is 0 Å². The van der Waals surface area contributed by atoms with Crippen LogP contribution in [-0.4, -0.2) is 19.4 Å². The van der Waals surface area contributed by atoms with Crippen LogP contribution in [0.2, 0.25) is 0 Å². The van der Waals surface area contributed by atoms with Gasteiger partial charge in [-0.2, -0.15) is 38.4 Å². The summed E-state index contributed by atoms with van der Waals surface area (Å²) in [5.74, 6) is -2.16. The van der Waals surface area contributed by atoms with Gasteiger partial charge in [0.1, 0.15) is 5.82 Å². The van der Waals surface area contributed by atoms with Crippen molar-refractivity contribution >= 4 is 26.5 Å². The lowest BCUT2D eigenvalue weighted by Gasteiger charge is -2.40. The van der Waals surface area contributed by atoms with Gasteiger partial charge >= 0.3 is 21.1 Å². The predicted octanol–water partition coefficient (Wildman–Crippen LogP) is 5.30. The number of halogens is 7. The fourth-order valence-electron chi connectivity index (χ4n) is 2.28. The van der Waals surface area contributed by atoms with Gasteiger partial charge in [-0.15, -0.1) is 0 Å². The van der Waals surface area contributed by atoms with E-state index in [4.69, 9.17) is 0 Å². The van der Waals surface area contributed by atoms with Crippen LogP contribution in [0.4, 0.5) is 30.7 Å². The Hall–Kier alpha value is -1.27. The van der Waals surface area contributed by atoms with Crippen molar-refractivity contribution in [1.29, 1.82) is 0 Å². The molecule has 1 atom stereocenters. The number of alkyl halides is 6. The molecule has 2 rings (SSSR count). The van der Waals surface area contributed by atoms with Crippen LogP contribution in [0.1, 0.15) is 19.4 Å². The Labute approximate surface area is 140 Å². The van der Waals surface area contributed by atoms with E-state index in [2.05, 4.69) is 3.63 Å². The fraction of sp³-hybridized carbons (Fsp3) is 0.385. The predicted molar refractivity (Wildman–Crippen MR) is 77.2 cm³/mol. The fourth-order valence-corrected chi connectivity index (χ4v) is 7.05. The van der Waals surface area contributed by atoms with E-state index in [9.17, 15) is 39.2 Å². The molecule has 0 radical (unpaired) electrons. The number of rotatable bonds is 3. The van der Waals surface area contributed by atoms with E-state index >= 15 is 0 Å². The number of benzene rings is 1. The first-order valence-electron chi connectivity index (χ1n) is 6.56. The average molecular weight is 412 g/mol. The molecular formula is C13H11F7O3S2. The largest absolute Gasteiger partial charge is 0.523 e. The van der Waals surface area contributed by atoms with E-state index in [0.717, 1.165) is 18.2 Å². The molecule has 1 aromatic rings. The zero-order valence-electron chi connectivity index (χ0n) is 12.6. The standard InChI is InChI=1S/C13H11F7O3S2/c1-7(2)10-5-8-3-4-9(14)6-11(8)24(10,12(15,16)17)23-25(21,22)13(18,19)20/h3-7H,1-2H3. The third-order valence-corrected chi connectivity index (χ3v) is 8.26. The summed E-state index contributed by atoms with van der Waals surface area (Å²) in [4.78, 5) is -1.65. The topological polar surface area (TPSA) is 43.4 Å². The lowest BCUT2D eigenvalue weighted by Crippen LogP contribution is -2.33. The lowest BCUT2D eigenvalue weighted by atomic mass is 10.1. The number of allylic oxidation sites excluding steroid dienone is 1. The molecule has 1 aliphatic rings. The van der Waals surface area contributed by atoms with Gasteiger partial charge in [-0.05, 0) is 29.7 Å². The molecule has 0 aliphatic carbocycles. The molecule has 0 N–H and O–H groups in total. The molecule has 1 unspecified atom stereocenters. The number of hydrogen-bond acceptors (Lipinski definition) is 3. The zero-order valence-corrected chi connectivity index (χ0v) is 14.2. The molecule has 0 aromatic heterocycles. The molecule has 0 amide bonds. The van der Waals surface area contributed by atoms with Crippen LogP contribution in [0.5, 0.6) is 0 Å². The first-order chi connectivity index (χ1) is 11.1. The van der Waals surface area contributed by atoms with Gasteiger partial charge in [-0.3, -0.25) is 0 Å². The minimum atomic E-state index is -6.59. The monoisotopic (exact) mass is 412 g/mol. The molecule has 1 aromatic carbocycles. The maximum atomic E-state index is 13.9. The Morgan fingerprint density at radius 2 is 1.64 bits per heavy atom. The Morgan fingerprint density at radius 3 is 2.08 bits per heavy atom. The summed E-state index contributed by atoms with van der Waals surface area (Å²) in [7, 11) is -11.7. The van der Waals surface area contributed by atoms with Gasteiger partial charge in [0.15, 0.2) is 0 Å². The molecule has 12 heteroatoms. The second-order valence-corrected chi connectivity index (χ2v) is 9.76. The van der Waals surface area contributed by atoms with Crippen LogP contribution in [0.3, 0.4) is 0 Å². The summed E-state index contributed by atoms with van der Waals surface area (Å²) in [6.07, 6.45) is 0.897. The summed E-state index contributed by atoms with van der Waals surface area (Å²) in [6, 6.07) is 2.10. The SMILES string of the molecule is CC(C)C1=Cc2ccc(F)cc2S1(OS(=O)(=O)C(F)(F)F)C(F)(F)F. The van der Waals surface area contributed by atoms with Gasteiger partial charge in [-0.1, -0.05) is 19.9 Å². The van der Waals surface area contributed by atoms with Crippen LogP contribution in [-0.2, 0) is 13.7 Å². The quantitative estimate of drug-likeness (QED) is 0.500. The highest BCUT2D eigenvalue weighted by molar-refractivity contribution is 8.37. The Balaban J connectivity index is 2.84. The van der Waals surface area contributed by atoms with Crippen molar-refractivity contribution in [2.24, 2.45) is 5.92 Å². The molecule has 1 aliphatic heterocycles. The molecule has 0 saturated carbocycles. The molecule has 25 heavy (non-hydrogen) atoms. The van der Waals surface area contributed by atoms with Gasteiger partial charge < -0.3 is 0 Å². The maximum Gasteiger partial charge on any atom is 0.523 e. The van der Waals surface area contributed by atoms with Crippen molar-refractivity contribution in [3.63, 3.8) is 0 Å². The Bertz CT molecular complexity index is 825. The van der Waals surface area contributed by atoms with Gasteiger partial charge in [-0.25, -0.2) is 4.39 Å². The van der Waals surface area contributed by atoms with E-state index in [-0.39, 0.29) is 5.56 Å². The van der Waals surface area contributed by atoms with Crippen molar-refractivity contribution in [3.05, 3.63) is 34.5 Å². The number of hydrogen-bond donors (Lipinski definition) is 0. The maximum absolute atomic E-state index is 13.9. The van der Waals surface area contributed by atoms with Crippen LogP contribution >= 0.6 is 10.3 Å². The van der Waals surface area contributed by atoms with Gasteiger partial charge in [0.2, 0.25) is 0 Å². The van der Waals surface area contributed by atoms with Gasteiger partial charge in [0, 0.05) is 20.1 Å². The summed E-state index contributed by atoms with van der Waals surface area (Å²) >= 11 is 0. The van der Waals surface area contributed by atoms with E-state index in [0.29, 0.717) is 6.07 Å². The van der Waals surface area contributed by atoms with Crippen LogP contribution in [0, 0.1) is 11.7 Å². The third kappa shape index (κ3) is 3.14. The summed E-state index contributed by atoms with van der Waals surface area (Å²) in [5.41, 5.74) is -11.8. The summed E-state index contributed by atoms with van der Waals surface area (Å²) < 4.78 is 120. The van der Waals surface area contributed by atoms with Crippen LogP contribution in [0.15, 0.2) is 28.0 Å². The average Bonchev–Trinajstić information content (AvgIpc) is 2.72. The molecule has 1 heterocycles. The first-order valence-corrected chi connectivity index (χ1v) is 9.53.